The molecule has 1 atom stereocenters. The molecule has 0 saturated carbocycles. The summed E-state index contributed by atoms with van der Waals surface area (Å²) < 4.78 is 5.28. The number of benzene rings is 2. The number of nitrogens with zero attached hydrogens (tertiary/aromatic N) is 1. The molecule has 2 aromatic carbocycles. The number of nitrogens with one attached hydrogen (secondary N) is 2. The Bertz CT molecular complexity index is 1140. The minimum atomic E-state index is -0.187. The maximum absolute atomic E-state index is 12.6. The number of hydrogen-bond donors (Lipinski definition) is 2. The number of pyridine rings is 1. The van der Waals surface area contributed by atoms with Crippen molar-refractivity contribution in [2.45, 2.75) is 5.92 Å². The van der Waals surface area contributed by atoms with Crippen molar-refractivity contribution < 1.29 is 9.53 Å². The molecule has 0 fully saturated rings. The Morgan fingerprint density at radius 3 is 2.72 bits per heavy atom. The van der Waals surface area contributed by atoms with E-state index >= 15 is 0 Å². The number of carbonyl (C=O) groups is 1. The third kappa shape index (κ3) is 4.10. The number of halogens is 1. The van der Waals surface area contributed by atoms with Crippen molar-refractivity contribution in [1.82, 2.24) is 15.3 Å². The van der Waals surface area contributed by atoms with E-state index in [1.165, 1.54) is 6.20 Å². The highest BCUT2D eigenvalue weighted by Crippen LogP contribution is 2.31. The van der Waals surface area contributed by atoms with Crippen LogP contribution < -0.4 is 10.1 Å². The molecule has 29 heavy (non-hydrogen) atoms. The number of aromatic nitrogens is 2. The quantitative estimate of drug-likeness (QED) is 0.453. The maximum atomic E-state index is 12.6. The van der Waals surface area contributed by atoms with Crippen molar-refractivity contribution in [2.24, 2.45) is 0 Å². The highest BCUT2D eigenvalue weighted by molar-refractivity contribution is 6.29. The zero-order chi connectivity index (χ0) is 20.2. The highest BCUT2D eigenvalue weighted by atomic mass is 35.5. The second kappa shape index (κ2) is 8.37. The van der Waals surface area contributed by atoms with Crippen LogP contribution in [0.25, 0.3) is 10.9 Å². The van der Waals surface area contributed by atoms with Crippen LogP contribution in [0.5, 0.6) is 5.75 Å². The fourth-order valence-electron chi connectivity index (χ4n) is 3.47. The molecule has 5 nitrogen and oxygen atoms in total. The van der Waals surface area contributed by atoms with Crippen molar-refractivity contribution in [1.29, 1.82) is 0 Å². The van der Waals surface area contributed by atoms with E-state index in [1.807, 2.05) is 48.7 Å². The molecule has 1 amide bonds. The largest absolute Gasteiger partial charge is 0.497 e. The first kappa shape index (κ1) is 19.0. The van der Waals surface area contributed by atoms with Gasteiger partial charge in [0.2, 0.25) is 0 Å². The molecule has 1 unspecified atom stereocenters. The summed E-state index contributed by atoms with van der Waals surface area (Å²) in [6.45, 7) is 0.437. The molecule has 2 aromatic heterocycles. The van der Waals surface area contributed by atoms with E-state index < -0.39 is 0 Å². The van der Waals surface area contributed by atoms with Gasteiger partial charge in [-0.1, -0.05) is 41.9 Å². The van der Waals surface area contributed by atoms with Crippen LogP contribution in [0.1, 0.15) is 27.4 Å². The number of hydrogen-bond acceptors (Lipinski definition) is 3. The Kier molecular flexibility index (Phi) is 5.49. The van der Waals surface area contributed by atoms with Gasteiger partial charge in [-0.2, -0.15) is 0 Å². The van der Waals surface area contributed by atoms with Crippen molar-refractivity contribution in [3.8, 4) is 5.75 Å². The standard InChI is InChI=1S/C23H20ClN3O2/c1-29-17-8-6-15(7-9-17)19(20-14-26-21-5-3-2-4-18(20)21)13-27-23(28)16-10-11-25-22(24)12-16/h2-12,14,19,26H,13H2,1H3,(H,27,28). The Balaban J connectivity index is 1.65. The summed E-state index contributed by atoms with van der Waals surface area (Å²) >= 11 is 5.92. The van der Waals surface area contributed by atoms with Crippen LogP contribution in [0.2, 0.25) is 5.15 Å². The average Bonchev–Trinajstić information content (AvgIpc) is 3.18. The molecule has 6 heteroatoms. The first-order chi connectivity index (χ1) is 14.2. The van der Waals surface area contributed by atoms with Gasteiger partial charge in [-0.05, 0) is 41.5 Å². The van der Waals surface area contributed by atoms with E-state index in [-0.39, 0.29) is 11.8 Å². The lowest BCUT2D eigenvalue weighted by atomic mass is 9.90. The summed E-state index contributed by atoms with van der Waals surface area (Å²) in [7, 11) is 1.65. The number of ether oxygens (including phenoxy) is 1. The number of aromatic amines is 1. The number of fused-ring (bicyclic) bond motifs is 1. The van der Waals surface area contributed by atoms with Crippen LogP contribution in [0, 0.1) is 0 Å². The molecule has 4 aromatic rings. The summed E-state index contributed by atoms with van der Waals surface area (Å²) in [6.07, 6.45) is 3.53. The van der Waals surface area contributed by atoms with E-state index in [9.17, 15) is 4.79 Å². The second-order valence-electron chi connectivity index (χ2n) is 6.69. The third-order valence-electron chi connectivity index (χ3n) is 4.97. The van der Waals surface area contributed by atoms with E-state index in [1.54, 1.807) is 19.2 Å². The lowest BCUT2D eigenvalue weighted by Gasteiger charge is -2.19. The number of rotatable bonds is 6. The molecule has 0 aliphatic rings. The number of methoxy groups -OCH3 is 1. The summed E-state index contributed by atoms with van der Waals surface area (Å²) in [5, 5.41) is 4.46. The van der Waals surface area contributed by atoms with Crippen LogP contribution in [0.15, 0.2) is 73.1 Å². The lowest BCUT2D eigenvalue weighted by molar-refractivity contribution is 0.0952. The second-order valence-corrected chi connectivity index (χ2v) is 7.08. The smallest absolute Gasteiger partial charge is 0.251 e. The van der Waals surface area contributed by atoms with Crippen LogP contribution in [0.4, 0.5) is 0 Å². The number of carbonyl (C=O) groups excluding carboxylic acids is 1. The highest BCUT2D eigenvalue weighted by Gasteiger charge is 2.19. The van der Waals surface area contributed by atoms with Gasteiger partial charge in [-0.25, -0.2) is 4.98 Å². The maximum Gasteiger partial charge on any atom is 0.251 e. The minimum absolute atomic E-state index is 0.0293. The predicted molar refractivity (Wildman–Crippen MR) is 115 cm³/mol. The van der Waals surface area contributed by atoms with Gasteiger partial charge < -0.3 is 15.0 Å². The summed E-state index contributed by atoms with van der Waals surface area (Å²) in [5.74, 6) is 0.577. The van der Waals surface area contributed by atoms with Gasteiger partial charge in [0.25, 0.3) is 5.91 Å². The van der Waals surface area contributed by atoms with Gasteiger partial charge in [0, 0.05) is 41.3 Å². The van der Waals surface area contributed by atoms with Gasteiger partial charge in [-0.15, -0.1) is 0 Å². The van der Waals surface area contributed by atoms with E-state index in [2.05, 4.69) is 21.4 Å². The molecule has 0 bridgehead atoms. The van der Waals surface area contributed by atoms with Crippen molar-refractivity contribution in [2.75, 3.05) is 13.7 Å². The first-order valence-corrected chi connectivity index (χ1v) is 9.63. The molecule has 146 valence electrons. The molecule has 4 rings (SSSR count). The molecule has 0 spiro atoms. The van der Waals surface area contributed by atoms with Crippen LogP contribution in [-0.4, -0.2) is 29.5 Å². The minimum Gasteiger partial charge on any atom is -0.497 e. The number of amides is 1. The fourth-order valence-corrected chi connectivity index (χ4v) is 3.64. The normalized spacial score (nSPS) is 11.9. The molecule has 2 heterocycles. The van der Waals surface area contributed by atoms with Crippen molar-refractivity contribution in [3.63, 3.8) is 0 Å². The lowest BCUT2D eigenvalue weighted by Crippen LogP contribution is -2.29. The van der Waals surface area contributed by atoms with Gasteiger partial charge in [-0.3, -0.25) is 4.79 Å². The third-order valence-corrected chi connectivity index (χ3v) is 5.18. The van der Waals surface area contributed by atoms with Crippen molar-refractivity contribution in [3.05, 3.63) is 94.9 Å². The van der Waals surface area contributed by atoms with E-state index in [4.69, 9.17) is 16.3 Å². The summed E-state index contributed by atoms with van der Waals surface area (Å²) in [6, 6.07) is 19.3. The Labute approximate surface area is 173 Å². The zero-order valence-corrected chi connectivity index (χ0v) is 16.6. The van der Waals surface area contributed by atoms with Crippen LogP contribution >= 0.6 is 11.6 Å². The SMILES string of the molecule is COc1ccc(C(CNC(=O)c2ccnc(Cl)c2)c2c[nH]c3ccccc23)cc1. The summed E-state index contributed by atoms with van der Waals surface area (Å²) in [4.78, 5) is 19.9. The van der Waals surface area contributed by atoms with Gasteiger partial charge in [0.05, 0.1) is 7.11 Å². The molecule has 0 aliphatic heterocycles. The molecule has 0 aliphatic carbocycles. The van der Waals surface area contributed by atoms with Gasteiger partial charge in [0.1, 0.15) is 10.9 Å². The van der Waals surface area contributed by atoms with E-state index in [0.29, 0.717) is 17.3 Å². The molecule has 0 radical (unpaired) electrons. The monoisotopic (exact) mass is 405 g/mol. The first-order valence-electron chi connectivity index (χ1n) is 9.25. The molecule has 2 N–H and O–H groups in total. The number of para-hydroxylation sites is 1. The molecule has 0 saturated heterocycles. The van der Waals surface area contributed by atoms with Gasteiger partial charge in [0.15, 0.2) is 0 Å². The molecular weight excluding hydrogens is 386 g/mol. The topological polar surface area (TPSA) is 67.0 Å². The fraction of sp³-hybridized carbons (Fsp3) is 0.130. The Hall–Kier alpha value is -3.31. The Morgan fingerprint density at radius 1 is 1.17 bits per heavy atom. The van der Waals surface area contributed by atoms with E-state index in [0.717, 1.165) is 27.8 Å². The predicted octanol–water partition coefficient (Wildman–Crippen LogP) is 4.79. The van der Waals surface area contributed by atoms with Crippen LogP contribution in [-0.2, 0) is 0 Å². The van der Waals surface area contributed by atoms with Gasteiger partial charge >= 0.3 is 0 Å². The van der Waals surface area contributed by atoms with Crippen LogP contribution in [0.3, 0.4) is 0 Å². The average molecular weight is 406 g/mol. The number of H-pyrrole nitrogens is 1. The zero-order valence-electron chi connectivity index (χ0n) is 15.9. The van der Waals surface area contributed by atoms with Crippen molar-refractivity contribution >= 4 is 28.4 Å². The summed E-state index contributed by atoms with van der Waals surface area (Å²) in [5.41, 5.74) is 3.76. The molecular formula is C23H20ClN3O2. The Morgan fingerprint density at radius 2 is 1.97 bits per heavy atom.